The minimum atomic E-state index is -0.959. The SMILES string of the molecule is CCCCCCCCCCCCCCCCCC(=O)CCCCCCCCCCCCCCCCCC(=O)C(O)CN. The van der Waals surface area contributed by atoms with Gasteiger partial charge in [-0.1, -0.05) is 180 Å². The molecule has 4 heteroatoms. The third kappa shape index (κ3) is 32.2. The monoisotopic (exact) mass is 594 g/mol. The second-order valence-electron chi connectivity index (χ2n) is 13.3. The van der Waals surface area contributed by atoms with E-state index in [4.69, 9.17) is 5.73 Å². The maximum Gasteiger partial charge on any atom is 0.162 e. The van der Waals surface area contributed by atoms with Crippen molar-refractivity contribution in [1.82, 2.24) is 0 Å². The largest absolute Gasteiger partial charge is 0.384 e. The Morgan fingerprint density at radius 2 is 0.667 bits per heavy atom. The van der Waals surface area contributed by atoms with Crippen LogP contribution in [0.25, 0.3) is 0 Å². The van der Waals surface area contributed by atoms with Gasteiger partial charge < -0.3 is 10.8 Å². The minimum Gasteiger partial charge on any atom is -0.384 e. The van der Waals surface area contributed by atoms with Crippen molar-refractivity contribution >= 4 is 11.6 Å². The second kappa shape index (κ2) is 34.7. The summed E-state index contributed by atoms with van der Waals surface area (Å²) in [4.78, 5) is 23.7. The lowest BCUT2D eigenvalue weighted by atomic mass is 10.0. The normalized spacial score (nSPS) is 12.2. The molecular formula is C38H75NO3. The Hall–Kier alpha value is -0.740. The van der Waals surface area contributed by atoms with Gasteiger partial charge in [0.1, 0.15) is 11.9 Å². The zero-order valence-corrected chi connectivity index (χ0v) is 28.5. The molecule has 0 heterocycles. The number of Topliss-reactive ketones (excluding diaryl/α,β-unsaturated/α-hetero) is 2. The van der Waals surface area contributed by atoms with Crippen molar-refractivity contribution in [2.45, 2.75) is 225 Å². The Morgan fingerprint density at radius 1 is 0.429 bits per heavy atom. The number of unbranched alkanes of at least 4 members (excludes halogenated alkanes) is 28. The van der Waals surface area contributed by atoms with Gasteiger partial charge in [-0.15, -0.1) is 0 Å². The molecule has 3 N–H and O–H groups in total. The van der Waals surface area contributed by atoms with E-state index in [1.165, 1.54) is 167 Å². The molecule has 4 nitrogen and oxygen atoms in total. The highest BCUT2D eigenvalue weighted by molar-refractivity contribution is 5.82. The summed E-state index contributed by atoms with van der Waals surface area (Å²) in [6.07, 6.45) is 40.6. The van der Waals surface area contributed by atoms with Gasteiger partial charge in [0.25, 0.3) is 0 Å². The Balaban J connectivity index is 3.19. The van der Waals surface area contributed by atoms with E-state index in [2.05, 4.69) is 6.92 Å². The highest BCUT2D eigenvalue weighted by atomic mass is 16.3. The van der Waals surface area contributed by atoms with Crippen molar-refractivity contribution in [3.05, 3.63) is 0 Å². The summed E-state index contributed by atoms with van der Waals surface area (Å²) in [5.74, 6) is 0.399. The fourth-order valence-electron chi connectivity index (χ4n) is 6.04. The Labute approximate surface area is 263 Å². The van der Waals surface area contributed by atoms with Crippen molar-refractivity contribution in [1.29, 1.82) is 0 Å². The van der Waals surface area contributed by atoms with Crippen LogP contribution >= 0.6 is 0 Å². The molecule has 0 amide bonds. The first kappa shape index (κ1) is 41.3. The summed E-state index contributed by atoms with van der Waals surface area (Å²) < 4.78 is 0. The number of nitrogens with two attached hydrogens (primary N) is 1. The predicted molar refractivity (Wildman–Crippen MR) is 183 cm³/mol. The fraction of sp³-hybridized carbons (Fsp3) is 0.947. The van der Waals surface area contributed by atoms with Crippen LogP contribution in [0, 0.1) is 0 Å². The van der Waals surface area contributed by atoms with Crippen molar-refractivity contribution in [2.75, 3.05) is 6.54 Å². The maximum absolute atomic E-state index is 12.2. The van der Waals surface area contributed by atoms with Crippen LogP contribution in [0.3, 0.4) is 0 Å². The molecule has 0 aliphatic carbocycles. The highest BCUT2D eigenvalue weighted by Crippen LogP contribution is 2.16. The Kier molecular flexibility index (Phi) is 34.1. The van der Waals surface area contributed by atoms with E-state index >= 15 is 0 Å². The molecule has 0 bridgehead atoms. The van der Waals surface area contributed by atoms with Gasteiger partial charge in [0, 0.05) is 25.8 Å². The van der Waals surface area contributed by atoms with E-state index in [1.807, 2.05) is 0 Å². The predicted octanol–water partition coefficient (Wildman–Crippen LogP) is 11.3. The molecule has 0 aliphatic heterocycles. The molecule has 1 atom stereocenters. The molecule has 42 heavy (non-hydrogen) atoms. The van der Waals surface area contributed by atoms with Crippen molar-refractivity contribution in [3.63, 3.8) is 0 Å². The van der Waals surface area contributed by atoms with Crippen LogP contribution in [0.4, 0.5) is 0 Å². The number of carbonyl (C=O) groups excluding carboxylic acids is 2. The Bertz CT molecular complexity index is 565. The van der Waals surface area contributed by atoms with E-state index in [0.29, 0.717) is 12.2 Å². The fourth-order valence-corrected chi connectivity index (χ4v) is 6.04. The van der Waals surface area contributed by atoms with Crippen LogP contribution in [0.2, 0.25) is 0 Å². The van der Waals surface area contributed by atoms with Crippen LogP contribution < -0.4 is 5.73 Å². The summed E-state index contributed by atoms with van der Waals surface area (Å²) in [7, 11) is 0. The van der Waals surface area contributed by atoms with E-state index < -0.39 is 6.10 Å². The van der Waals surface area contributed by atoms with Gasteiger partial charge in [-0.3, -0.25) is 9.59 Å². The smallest absolute Gasteiger partial charge is 0.162 e. The van der Waals surface area contributed by atoms with Gasteiger partial charge >= 0.3 is 0 Å². The molecule has 0 fully saturated rings. The molecule has 0 rings (SSSR count). The van der Waals surface area contributed by atoms with Crippen molar-refractivity contribution in [2.24, 2.45) is 5.73 Å². The van der Waals surface area contributed by atoms with Crippen molar-refractivity contribution in [3.8, 4) is 0 Å². The number of rotatable bonds is 36. The lowest BCUT2D eigenvalue weighted by Gasteiger charge is -2.06. The average molecular weight is 594 g/mol. The van der Waals surface area contributed by atoms with Gasteiger partial charge in [-0.2, -0.15) is 0 Å². The van der Waals surface area contributed by atoms with Crippen LogP contribution in [-0.4, -0.2) is 29.3 Å². The molecule has 0 aromatic heterocycles. The molecule has 0 aliphatic rings. The summed E-state index contributed by atoms with van der Waals surface area (Å²) >= 11 is 0. The van der Waals surface area contributed by atoms with E-state index in [-0.39, 0.29) is 12.3 Å². The zero-order valence-electron chi connectivity index (χ0n) is 28.5. The minimum absolute atomic E-state index is 0.0423. The maximum atomic E-state index is 12.2. The van der Waals surface area contributed by atoms with Gasteiger partial charge in [0.2, 0.25) is 0 Å². The van der Waals surface area contributed by atoms with E-state index in [9.17, 15) is 14.7 Å². The quantitative estimate of drug-likeness (QED) is 0.0708. The molecule has 0 spiro atoms. The Morgan fingerprint density at radius 3 is 0.929 bits per heavy atom. The molecule has 250 valence electrons. The number of ketones is 2. The first-order chi connectivity index (χ1) is 20.6. The summed E-state index contributed by atoms with van der Waals surface area (Å²) in [6, 6.07) is 0. The van der Waals surface area contributed by atoms with Crippen LogP contribution in [0.1, 0.15) is 219 Å². The molecule has 0 saturated heterocycles. The average Bonchev–Trinajstić information content (AvgIpc) is 3.00. The van der Waals surface area contributed by atoms with Gasteiger partial charge in [-0.05, 0) is 19.3 Å². The van der Waals surface area contributed by atoms with Crippen molar-refractivity contribution < 1.29 is 14.7 Å². The number of aliphatic hydroxyl groups excluding tert-OH is 1. The lowest BCUT2D eigenvalue weighted by molar-refractivity contribution is -0.126. The number of aliphatic hydroxyl groups is 1. The lowest BCUT2D eigenvalue weighted by Crippen LogP contribution is -2.28. The first-order valence-electron chi connectivity index (χ1n) is 19.0. The number of hydrogen-bond donors (Lipinski definition) is 2. The standard InChI is InChI=1S/C38H75NO3/c1-2-3-4-5-6-7-8-9-11-14-17-20-23-26-29-32-36(40)33-30-27-24-21-18-15-12-10-13-16-19-22-25-28-31-34-37(41)38(42)35-39/h38,42H,2-35,39H2,1H3. The van der Waals surface area contributed by atoms with Gasteiger partial charge in [-0.25, -0.2) is 0 Å². The van der Waals surface area contributed by atoms with E-state index in [1.54, 1.807) is 0 Å². The van der Waals surface area contributed by atoms with Crippen LogP contribution in [0.5, 0.6) is 0 Å². The van der Waals surface area contributed by atoms with Crippen LogP contribution in [0.15, 0.2) is 0 Å². The first-order valence-corrected chi connectivity index (χ1v) is 19.0. The summed E-state index contributed by atoms with van der Waals surface area (Å²) in [5.41, 5.74) is 5.31. The molecule has 0 saturated carbocycles. The van der Waals surface area contributed by atoms with Crippen LogP contribution in [-0.2, 0) is 9.59 Å². The topological polar surface area (TPSA) is 80.4 Å². The molecule has 0 radical (unpaired) electrons. The highest BCUT2D eigenvalue weighted by Gasteiger charge is 2.11. The molecular weight excluding hydrogens is 518 g/mol. The number of hydrogen-bond acceptors (Lipinski definition) is 4. The summed E-state index contributed by atoms with van der Waals surface area (Å²) in [5, 5.41) is 9.37. The number of carbonyl (C=O) groups is 2. The van der Waals surface area contributed by atoms with Gasteiger partial charge in [0.05, 0.1) is 0 Å². The molecule has 1 unspecified atom stereocenters. The molecule has 0 aromatic rings. The third-order valence-electron chi connectivity index (χ3n) is 9.03. The zero-order chi connectivity index (χ0) is 30.8. The molecule has 0 aromatic carbocycles. The van der Waals surface area contributed by atoms with E-state index in [0.717, 1.165) is 38.5 Å². The third-order valence-corrected chi connectivity index (χ3v) is 9.03. The summed E-state index contributed by atoms with van der Waals surface area (Å²) in [6.45, 7) is 2.33. The van der Waals surface area contributed by atoms with Gasteiger partial charge in [0.15, 0.2) is 5.78 Å². The second-order valence-corrected chi connectivity index (χ2v) is 13.3.